The highest BCUT2D eigenvalue weighted by Gasteiger charge is 2.14. The maximum atomic E-state index is 13.5. The summed E-state index contributed by atoms with van der Waals surface area (Å²) in [6, 6.07) is 8.62. The fourth-order valence-corrected chi connectivity index (χ4v) is 3.11. The van der Waals surface area contributed by atoms with E-state index in [4.69, 9.17) is 0 Å². The van der Waals surface area contributed by atoms with E-state index >= 15 is 0 Å². The Hall–Kier alpha value is -1.92. The Balaban J connectivity index is 2.19. The Morgan fingerprint density at radius 3 is 2.33 bits per heavy atom. The summed E-state index contributed by atoms with van der Waals surface area (Å²) in [5.41, 5.74) is 1.62. The molecule has 0 atom stereocenters. The molecule has 2 aromatic carbocycles. The number of aromatic hydroxyl groups is 1. The summed E-state index contributed by atoms with van der Waals surface area (Å²) in [6.45, 7) is 3.32. The third-order valence-corrected chi connectivity index (χ3v) is 4.49. The molecule has 0 heterocycles. The molecule has 2 N–H and O–H groups in total. The van der Waals surface area contributed by atoms with E-state index in [9.17, 15) is 17.9 Å². The Labute approximate surface area is 123 Å². The second kappa shape index (κ2) is 5.83. The fourth-order valence-electron chi connectivity index (χ4n) is 2.05. The molecule has 21 heavy (non-hydrogen) atoms. The molecule has 6 heteroatoms. The van der Waals surface area contributed by atoms with Gasteiger partial charge in [-0.15, -0.1) is 0 Å². The van der Waals surface area contributed by atoms with Crippen LogP contribution < -0.4 is 4.72 Å². The predicted octanol–water partition coefficient (Wildman–Crippen LogP) is 2.63. The van der Waals surface area contributed by atoms with Gasteiger partial charge in [-0.2, -0.15) is 0 Å². The summed E-state index contributed by atoms with van der Waals surface area (Å²) in [7, 11) is -3.72. The lowest BCUT2D eigenvalue weighted by molar-refractivity contribution is 0.473. The zero-order valence-electron chi connectivity index (χ0n) is 11.7. The molecule has 0 aromatic heterocycles. The van der Waals surface area contributed by atoms with Crippen molar-refractivity contribution in [2.75, 3.05) is 0 Å². The van der Waals surface area contributed by atoms with Crippen LogP contribution in [0.1, 0.15) is 16.7 Å². The number of benzene rings is 2. The second-order valence-corrected chi connectivity index (χ2v) is 6.63. The molecule has 4 nitrogen and oxygen atoms in total. The summed E-state index contributed by atoms with van der Waals surface area (Å²) in [5.74, 6) is -0.402. The van der Waals surface area contributed by atoms with Crippen molar-refractivity contribution in [3.8, 4) is 5.75 Å². The zero-order valence-corrected chi connectivity index (χ0v) is 12.5. The smallest absolute Gasteiger partial charge is 0.241 e. The quantitative estimate of drug-likeness (QED) is 0.912. The fraction of sp³-hybridized carbons (Fsp3) is 0.200. The number of rotatable bonds is 4. The molecule has 2 rings (SSSR count). The number of halogens is 1. The molecule has 0 saturated carbocycles. The summed E-state index contributed by atoms with van der Waals surface area (Å²) < 4.78 is 40.2. The highest BCUT2D eigenvalue weighted by Crippen LogP contribution is 2.17. The molecule has 0 spiro atoms. The number of hydrogen-bond acceptors (Lipinski definition) is 3. The summed E-state index contributed by atoms with van der Waals surface area (Å²) in [5, 5.41) is 9.33. The van der Waals surface area contributed by atoms with Crippen LogP contribution in [0.3, 0.4) is 0 Å². The minimum Gasteiger partial charge on any atom is -0.508 e. The maximum Gasteiger partial charge on any atom is 0.241 e. The van der Waals surface area contributed by atoms with E-state index in [2.05, 4.69) is 4.72 Å². The number of aryl methyl sites for hydroxylation is 2. The van der Waals surface area contributed by atoms with Gasteiger partial charge in [0, 0.05) is 6.54 Å². The van der Waals surface area contributed by atoms with E-state index in [1.807, 2.05) is 0 Å². The number of hydrogen-bond donors (Lipinski definition) is 2. The average molecular weight is 309 g/mol. The van der Waals surface area contributed by atoms with Crippen molar-refractivity contribution in [2.45, 2.75) is 25.3 Å². The van der Waals surface area contributed by atoms with Gasteiger partial charge in [-0.25, -0.2) is 17.5 Å². The number of phenols is 1. The van der Waals surface area contributed by atoms with Gasteiger partial charge in [-0.05, 0) is 48.7 Å². The van der Waals surface area contributed by atoms with Crippen LogP contribution in [0, 0.1) is 19.7 Å². The highest BCUT2D eigenvalue weighted by molar-refractivity contribution is 7.89. The van der Waals surface area contributed by atoms with Gasteiger partial charge >= 0.3 is 0 Å². The van der Waals surface area contributed by atoms with Gasteiger partial charge in [0.1, 0.15) is 11.6 Å². The first-order chi connectivity index (χ1) is 9.79. The van der Waals surface area contributed by atoms with E-state index < -0.39 is 10.0 Å². The minimum atomic E-state index is -3.72. The second-order valence-electron chi connectivity index (χ2n) is 4.87. The maximum absolute atomic E-state index is 13.5. The largest absolute Gasteiger partial charge is 0.508 e. The van der Waals surface area contributed by atoms with E-state index in [-0.39, 0.29) is 23.0 Å². The van der Waals surface area contributed by atoms with E-state index in [1.54, 1.807) is 26.0 Å². The molecule has 0 unspecified atom stereocenters. The van der Waals surface area contributed by atoms with Crippen molar-refractivity contribution in [2.24, 2.45) is 0 Å². The van der Waals surface area contributed by atoms with Gasteiger partial charge < -0.3 is 5.11 Å². The van der Waals surface area contributed by atoms with Gasteiger partial charge in [0.05, 0.1) is 4.90 Å². The summed E-state index contributed by atoms with van der Waals surface area (Å²) >= 11 is 0. The first kappa shape index (κ1) is 15.5. The predicted molar refractivity (Wildman–Crippen MR) is 78.0 cm³/mol. The summed E-state index contributed by atoms with van der Waals surface area (Å²) in [4.78, 5) is -0.0157. The van der Waals surface area contributed by atoms with Crippen LogP contribution in [-0.2, 0) is 16.6 Å². The zero-order chi connectivity index (χ0) is 15.6. The summed E-state index contributed by atoms with van der Waals surface area (Å²) in [6.07, 6.45) is 0. The van der Waals surface area contributed by atoms with Gasteiger partial charge in [-0.1, -0.05) is 18.2 Å². The van der Waals surface area contributed by atoms with E-state index in [0.717, 1.165) is 0 Å². The van der Waals surface area contributed by atoms with E-state index in [0.29, 0.717) is 16.7 Å². The molecule has 0 aliphatic heterocycles. The Bertz CT molecular complexity index is 749. The van der Waals surface area contributed by atoms with Crippen LogP contribution >= 0.6 is 0 Å². The first-order valence-electron chi connectivity index (χ1n) is 6.34. The minimum absolute atomic E-state index is 0.0157. The van der Waals surface area contributed by atoms with Crippen LogP contribution in [0.25, 0.3) is 0 Å². The lowest BCUT2D eigenvalue weighted by atomic mass is 10.1. The Morgan fingerprint density at radius 2 is 1.76 bits per heavy atom. The third-order valence-electron chi connectivity index (χ3n) is 3.09. The monoisotopic (exact) mass is 309 g/mol. The molecular formula is C15H16FNO3S. The highest BCUT2D eigenvalue weighted by atomic mass is 32.2. The first-order valence-corrected chi connectivity index (χ1v) is 7.82. The van der Waals surface area contributed by atoms with Crippen molar-refractivity contribution < 1.29 is 17.9 Å². The Kier molecular flexibility index (Phi) is 4.29. The van der Waals surface area contributed by atoms with Gasteiger partial charge in [0.2, 0.25) is 10.0 Å². The van der Waals surface area contributed by atoms with Crippen molar-refractivity contribution in [3.05, 3.63) is 58.9 Å². The lowest BCUT2D eigenvalue weighted by Crippen LogP contribution is -2.23. The normalized spacial score (nSPS) is 11.6. The number of nitrogens with one attached hydrogen (secondary N) is 1. The average Bonchev–Trinajstić information content (AvgIpc) is 2.42. The van der Waals surface area contributed by atoms with Crippen molar-refractivity contribution >= 4 is 10.0 Å². The number of phenolic OH excluding ortho intramolecular Hbond substituents is 1. The van der Waals surface area contributed by atoms with Crippen LogP contribution in [0.5, 0.6) is 5.75 Å². The van der Waals surface area contributed by atoms with Gasteiger partial charge in [0.25, 0.3) is 0 Å². The molecule has 0 fully saturated rings. The molecule has 0 radical (unpaired) electrons. The van der Waals surface area contributed by atoms with Crippen molar-refractivity contribution in [1.29, 1.82) is 0 Å². The molecule has 0 saturated heterocycles. The van der Waals surface area contributed by atoms with Gasteiger partial charge in [-0.3, -0.25) is 0 Å². The molecule has 0 aliphatic rings. The molecule has 0 aliphatic carbocycles. The van der Waals surface area contributed by atoms with Crippen LogP contribution in [-0.4, -0.2) is 13.5 Å². The molecule has 0 bridgehead atoms. The topological polar surface area (TPSA) is 66.4 Å². The third kappa shape index (κ3) is 3.59. The van der Waals surface area contributed by atoms with Crippen LogP contribution in [0.15, 0.2) is 41.3 Å². The van der Waals surface area contributed by atoms with Gasteiger partial charge in [0.15, 0.2) is 0 Å². The molecule has 0 amide bonds. The SMILES string of the molecule is Cc1cc(CNS(=O)(=O)c2cccc(O)c2)cc(C)c1F. The van der Waals surface area contributed by atoms with E-state index in [1.165, 1.54) is 24.3 Å². The lowest BCUT2D eigenvalue weighted by Gasteiger charge is -2.09. The Morgan fingerprint density at radius 1 is 1.14 bits per heavy atom. The molecule has 112 valence electrons. The van der Waals surface area contributed by atoms with Crippen LogP contribution in [0.2, 0.25) is 0 Å². The standard InChI is InChI=1S/C15H16FNO3S/c1-10-6-12(7-11(2)15(10)16)9-17-21(19,20)14-5-3-4-13(18)8-14/h3-8,17-18H,9H2,1-2H3. The number of sulfonamides is 1. The van der Waals surface area contributed by atoms with Crippen molar-refractivity contribution in [1.82, 2.24) is 4.72 Å². The van der Waals surface area contributed by atoms with Crippen LogP contribution in [0.4, 0.5) is 4.39 Å². The van der Waals surface area contributed by atoms with Crippen molar-refractivity contribution in [3.63, 3.8) is 0 Å². The molecular weight excluding hydrogens is 293 g/mol. The molecule has 2 aromatic rings.